The first-order valence-corrected chi connectivity index (χ1v) is 22.5. The fraction of sp³-hybridized carbons (Fsp3) is 0.667. The Hall–Kier alpha value is -3.41. The lowest BCUT2D eigenvalue weighted by Gasteiger charge is -2.28. The molecule has 57 heavy (non-hydrogen) atoms. The molecule has 0 aliphatic carbocycles. The largest absolute Gasteiger partial charge is 0.488 e. The lowest BCUT2D eigenvalue weighted by atomic mass is 9.96. The second-order valence-electron chi connectivity index (χ2n) is 15.2. The van der Waals surface area contributed by atoms with Crippen LogP contribution in [0.5, 0.6) is 5.75 Å². The summed E-state index contributed by atoms with van der Waals surface area (Å²) in [6.45, 7) is 1.33. The first kappa shape index (κ1) is 46.3. The molecule has 0 spiro atoms. The highest BCUT2D eigenvalue weighted by Crippen LogP contribution is 2.47. The zero-order valence-corrected chi connectivity index (χ0v) is 34.8. The molecule has 5 N–H and O–H groups in total. The minimum Gasteiger partial charge on any atom is -0.488 e. The molecule has 3 heterocycles. The van der Waals surface area contributed by atoms with Crippen LogP contribution >= 0.6 is 7.82 Å². The number of benzene rings is 1. The van der Waals surface area contributed by atoms with E-state index < -0.39 is 44.4 Å². The number of unbranched alkanes of at least 4 members (excludes halogenated alkanes) is 17. The van der Waals surface area contributed by atoms with Gasteiger partial charge in [-0.15, -0.1) is 0 Å². The first-order valence-electron chi connectivity index (χ1n) is 21.0. The van der Waals surface area contributed by atoms with E-state index >= 15 is 0 Å². The molecule has 2 aromatic heterocycles. The molecule has 1 saturated heterocycles. The normalized spacial score (nSPS) is 21.2. The minimum atomic E-state index is -4.74. The number of nitrogens with two attached hydrogens (primary N) is 1. The number of aliphatic hydroxyl groups excluding tert-OH is 2. The summed E-state index contributed by atoms with van der Waals surface area (Å²) in [4.78, 5) is 18.7. The maximum absolute atomic E-state index is 13.3. The van der Waals surface area contributed by atoms with Crippen LogP contribution in [0.4, 0.5) is 5.82 Å². The average Bonchev–Trinajstić information content (AvgIpc) is 3.74. The zero-order valence-electron chi connectivity index (χ0n) is 33.9. The maximum atomic E-state index is 13.3. The standard InChI is InChI=1S/C42H65N6O8P/c1-3-4-5-6-7-8-9-10-11-12-13-14-15-16-17-18-19-20-23-35(55-34-24-21-22-33(27-34)28-43)29-53-57(51,52)54-31-42(30-45-2)40(50)38(49)39(56-42)36-25-26-37-41(44)46-32-47-48(36)37/h21-22,24-27,30,32,35,38-40,49-50H,3-20,23,29,31H2,1-2H3,(H,51,52)(H2,44,46,47)/b45-30-/t35-,38+,39+,40+,42-/m1/s1. The van der Waals surface area contributed by atoms with E-state index in [2.05, 4.69) is 28.1 Å². The van der Waals surface area contributed by atoms with Gasteiger partial charge in [0.2, 0.25) is 0 Å². The van der Waals surface area contributed by atoms with Crippen molar-refractivity contribution in [3.63, 3.8) is 0 Å². The van der Waals surface area contributed by atoms with Gasteiger partial charge in [-0.25, -0.2) is 14.1 Å². The van der Waals surface area contributed by atoms with Crippen LogP contribution in [0.25, 0.3) is 5.52 Å². The molecule has 3 aromatic rings. The predicted octanol–water partition coefficient (Wildman–Crippen LogP) is 8.43. The lowest BCUT2D eigenvalue weighted by Crippen LogP contribution is -2.48. The average molecular weight is 813 g/mol. The third-order valence-corrected chi connectivity index (χ3v) is 11.6. The van der Waals surface area contributed by atoms with E-state index in [9.17, 15) is 24.9 Å². The summed E-state index contributed by atoms with van der Waals surface area (Å²) in [5.74, 6) is 0.664. The molecule has 1 unspecified atom stereocenters. The predicted molar refractivity (Wildman–Crippen MR) is 221 cm³/mol. The number of nitrogens with zero attached hydrogens (tertiary/aromatic N) is 5. The molecule has 0 amide bonds. The van der Waals surface area contributed by atoms with Gasteiger partial charge in [-0.05, 0) is 43.2 Å². The number of anilines is 1. The summed E-state index contributed by atoms with van der Waals surface area (Å²) < 4.78 is 37.8. The number of phosphoric ester groups is 1. The number of phosphoric acid groups is 1. The molecule has 0 bridgehead atoms. The number of hydrogen-bond acceptors (Lipinski definition) is 12. The minimum absolute atomic E-state index is 0.215. The Morgan fingerprint density at radius 2 is 1.58 bits per heavy atom. The number of fused-ring (bicyclic) bond motifs is 1. The van der Waals surface area contributed by atoms with E-state index in [1.165, 1.54) is 120 Å². The number of aliphatic imine (C=N–C) groups is 1. The molecule has 4 rings (SSSR count). The Morgan fingerprint density at radius 1 is 0.965 bits per heavy atom. The van der Waals surface area contributed by atoms with E-state index in [0.29, 0.717) is 28.9 Å². The third-order valence-electron chi connectivity index (χ3n) is 10.7. The number of rotatable bonds is 29. The van der Waals surface area contributed by atoms with Crippen molar-refractivity contribution in [2.75, 3.05) is 26.0 Å². The first-order chi connectivity index (χ1) is 27.6. The van der Waals surface area contributed by atoms with Crippen molar-refractivity contribution in [2.24, 2.45) is 4.99 Å². The van der Waals surface area contributed by atoms with Crippen LogP contribution in [0.15, 0.2) is 47.7 Å². The number of hydrogen-bond donors (Lipinski definition) is 4. The van der Waals surface area contributed by atoms with E-state index in [-0.39, 0.29) is 12.4 Å². The molecule has 1 fully saturated rings. The fourth-order valence-corrected chi connectivity index (χ4v) is 8.21. The Labute approximate surface area is 338 Å². The summed E-state index contributed by atoms with van der Waals surface area (Å²) in [7, 11) is -3.30. The van der Waals surface area contributed by atoms with Gasteiger partial charge in [-0.3, -0.25) is 14.0 Å². The highest BCUT2D eigenvalue weighted by Gasteiger charge is 2.55. The molecule has 1 aromatic carbocycles. The van der Waals surface area contributed by atoms with Crippen LogP contribution in [0.2, 0.25) is 0 Å². The van der Waals surface area contributed by atoms with Gasteiger partial charge in [0.25, 0.3) is 0 Å². The van der Waals surface area contributed by atoms with Crippen molar-refractivity contribution < 1.29 is 38.2 Å². The number of nitriles is 1. The summed E-state index contributed by atoms with van der Waals surface area (Å²) in [6.07, 6.45) is 21.1. The van der Waals surface area contributed by atoms with Gasteiger partial charge in [0, 0.05) is 13.3 Å². The second kappa shape index (κ2) is 24.5. The van der Waals surface area contributed by atoms with Crippen LogP contribution in [0.1, 0.15) is 146 Å². The lowest BCUT2D eigenvalue weighted by molar-refractivity contribution is -0.0637. The van der Waals surface area contributed by atoms with E-state index in [0.717, 1.165) is 19.3 Å². The molecular weight excluding hydrogens is 747 g/mol. The quantitative estimate of drug-likeness (QED) is 0.0296. The third kappa shape index (κ3) is 14.7. The Bertz CT molecular complexity index is 1740. The summed E-state index contributed by atoms with van der Waals surface area (Å²) in [5.41, 5.74) is 5.44. The molecular formula is C42H65N6O8P. The van der Waals surface area contributed by atoms with Gasteiger partial charge in [0.1, 0.15) is 42.0 Å². The van der Waals surface area contributed by atoms with Gasteiger partial charge in [0.15, 0.2) is 11.4 Å². The van der Waals surface area contributed by atoms with Gasteiger partial charge in [-0.1, -0.05) is 122 Å². The second-order valence-corrected chi connectivity index (χ2v) is 16.7. The molecule has 0 radical (unpaired) electrons. The van der Waals surface area contributed by atoms with Crippen molar-refractivity contribution in [2.45, 2.75) is 159 Å². The summed E-state index contributed by atoms with van der Waals surface area (Å²) >= 11 is 0. The van der Waals surface area contributed by atoms with E-state index in [1.54, 1.807) is 36.4 Å². The van der Waals surface area contributed by atoms with Crippen molar-refractivity contribution in [1.82, 2.24) is 14.6 Å². The molecule has 14 nitrogen and oxygen atoms in total. The van der Waals surface area contributed by atoms with E-state index in [1.807, 2.05) is 0 Å². The molecule has 1 aliphatic rings. The number of nitrogen functional groups attached to an aromatic ring is 1. The summed E-state index contributed by atoms with van der Waals surface area (Å²) in [6, 6.07) is 12.1. The van der Waals surface area contributed by atoms with Gasteiger partial charge < -0.3 is 30.3 Å². The highest BCUT2D eigenvalue weighted by molar-refractivity contribution is 7.47. The number of ether oxygens (including phenoxy) is 2. The van der Waals surface area contributed by atoms with Gasteiger partial charge in [0.05, 0.1) is 30.5 Å². The fourth-order valence-electron chi connectivity index (χ4n) is 7.41. The maximum Gasteiger partial charge on any atom is 0.472 e. The van der Waals surface area contributed by atoms with Crippen LogP contribution in [-0.2, 0) is 18.3 Å². The van der Waals surface area contributed by atoms with Gasteiger partial charge >= 0.3 is 7.82 Å². The van der Waals surface area contributed by atoms with Crippen molar-refractivity contribution in [3.8, 4) is 11.8 Å². The highest BCUT2D eigenvalue weighted by atomic mass is 31.2. The Kier molecular flexibility index (Phi) is 19.9. The molecule has 1 aliphatic heterocycles. The molecule has 6 atom stereocenters. The van der Waals surface area contributed by atoms with Crippen molar-refractivity contribution in [3.05, 3.63) is 54.0 Å². The van der Waals surface area contributed by atoms with Crippen LogP contribution in [0, 0.1) is 11.3 Å². The Morgan fingerprint density at radius 3 is 2.18 bits per heavy atom. The van der Waals surface area contributed by atoms with Crippen molar-refractivity contribution >= 4 is 25.4 Å². The number of aromatic nitrogens is 3. The molecule has 15 heteroatoms. The van der Waals surface area contributed by atoms with Crippen LogP contribution < -0.4 is 10.5 Å². The molecule has 0 saturated carbocycles. The zero-order chi connectivity index (χ0) is 40.9. The Balaban J connectivity index is 1.21. The van der Waals surface area contributed by atoms with Gasteiger partial charge in [-0.2, -0.15) is 10.4 Å². The SMILES string of the molecule is CCCCCCCCCCCCCCCCCCCC[C@H](COP(=O)(O)OC[C@@]1(/C=N\C)O[C@@H](c2ccc3c(N)ncnn23)[C@H](O)[C@@H]1O)Oc1cccc(C#N)c1. The summed E-state index contributed by atoms with van der Waals surface area (Å²) in [5, 5.41) is 35.8. The topological polar surface area (TPSA) is 207 Å². The van der Waals surface area contributed by atoms with E-state index in [4.69, 9.17) is 24.3 Å². The van der Waals surface area contributed by atoms with Crippen LogP contribution in [0.3, 0.4) is 0 Å². The number of aliphatic hydroxyl groups is 2. The van der Waals surface area contributed by atoms with Crippen LogP contribution in [-0.4, -0.2) is 80.1 Å². The molecule has 316 valence electrons. The monoisotopic (exact) mass is 812 g/mol. The smallest absolute Gasteiger partial charge is 0.472 e. The van der Waals surface area contributed by atoms with Crippen molar-refractivity contribution in [1.29, 1.82) is 5.26 Å².